The predicted molar refractivity (Wildman–Crippen MR) is 108 cm³/mol. The summed E-state index contributed by atoms with van der Waals surface area (Å²) in [4.78, 5) is 25.0. The molecule has 3 rings (SSSR count). The van der Waals surface area contributed by atoms with Crippen molar-refractivity contribution in [3.05, 3.63) is 82.8 Å². The number of carbonyl (C=O) groups is 2. The van der Waals surface area contributed by atoms with Crippen molar-refractivity contribution in [1.82, 2.24) is 0 Å². The quantitative estimate of drug-likeness (QED) is 0.669. The summed E-state index contributed by atoms with van der Waals surface area (Å²) in [6.07, 6.45) is -0.314. The van der Waals surface area contributed by atoms with Gasteiger partial charge in [0.2, 0.25) is 23.1 Å². The molecule has 0 bridgehead atoms. The minimum Gasteiger partial charge on any atom is -0.497 e. The molecule has 156 valence electrons. The first-order valence-corrected chi connectivity index (χ1v) is 9.15. The Bertz CT molecular complexity index is 1000. The molecule has 0 saturated heterocycles. The van der Waals surface area contributed by atoms with Crippen molar-refractivity contribution in [2.24, 2.45) is 0 Å². The van der Waals surface area contributed by atoms with Gasteiger partial charge in [-0.1, -0.05) is 30.3 Å². The van der Waals surface area contributed by atoms with E-state index >= 15 is 0 Å². The van der Waals surface area contributed by atoms with Crippen LogP contribution in [0, 0.1) is 0 Å². The van der Waals surface area contributed by atoms with Crippen molar-refractivity contribution in [2.75, 3.05) is 21.3 Å². The Morgan fingerprint density at radius 3 is 2.17 bits per heavy atom. The molecule has 1 aliphatic rings. The van der Waals surface area contributed by atoms with Gasteiger partial charge < -0.3 is 24.1 Å². The van der Waals surface area contributed by atoms with Crippen LogP contribution in [0.25, 0.3) is 0 Å². The summed E-state index contributed by atoms with van der Waals surface area (Å²) >= 11 is 0. The minimum absolute atomic E-state index is 0.113. The van der Waals surface area contributed by atoms with Crippen molar-refractivity contribution in [3.8, 4) is 11.5 Å². The van der Waals surface area contributed by atoms with Gasteiger partial charge in [0.15, 0.2) is 0 Å². The largest absolute Gasteiger partial charge is 0.497 e. The second kappa shape index (κ2) is 9.28. The molecule has 30 heavy (non-hydrogen) atoms. The van der Waals surface area contributed by atoms with Crippen molar-refractivity contribution >= 4 is 11.6 Å². The molecule has 0 aromatic heterocycles. The monoisotopic (exact) mass is 410 g/mol. The molecule has 1 N–H and O–H groups in total. The zero-order valence-corrected chi connectivity index (χ0v) is 16.9. The summed E-state index contributed by atoms with van der Waals surface area (Å²) < 4.78 is 21.0. The summed E-state index contributed by atoms with van der Waals surface area (Å²) in [7, 11) is 4.13. The van der Waals surface area contributed by atoms with Crippen molar-refractivity contribution in [1.29, 1.82) is 0 Å². The fourth-order valence-corrected chi connectivity index (χ4v) is 3.09. The Labute approximate surface area is 174 Å². The van der Waals surface area contributed by atoms with Gasteiger partial charge in [0.25, 0.3) is 0 Å². The van der Waals surface area contributed by atoms with Crippen molar-refractivity contribution in [2.45, 2.75) is 12.7 Å². The highest BCUT2D eigenvalue weighted by molar-refractivity contribution is 6.21. The van der Waals surface area contributed by atoms with Gasteiger partial charge in [-0.05, 0) is 29.8 Å². The molecule has 0 radical (unpaired) electrons. The molecule has 1 unspecified atom stereocenters. The summed E-state index contributed by atoms with van der Waals surface area (Å²) in [6.45, 7) is 0.247. The molecule has 0 aliphatic heterocycles. The number of benzene rings is 2. The molecule has 2 aromatic rings. The topological polar surface area (TPSA) is 91.3 Å². The molecule has 2 aromatic carbocycles. The third-order valence-corrected chi connectivity index (χ3v) is 4.65. The Morgan fingerprint density at radius 2 is 1.53 bits per heavy atom. The number of rotatable bonds is 8. The Morgan fingerprint density at radius 1 is 0.867 bits per heavy atom. The summed E-state index contributed by atoms with van der Waals surface area (Å²) in [5, 5.41) is 10.9. The number of carbonyl (C=O) groups excluding carboxylic acids is 2. The van der Waals surface area contributed by atoms with Crippen LogP contribution in [-0.2, 0) is 25.7 Å². The van der Waals surface area contributed by atoms with Crippen LogP contribution in [0.2, 0.25) is 0 Å². The van der Waals surface area contributed by atoms with Crippen LogP contribution in [0.15, 0.2) is 71.7 Å². The number of Topliss-reactive ketones (excluding diaryl/α,β-unsaturated/α-hetero) is 1. The number of aliphatic hydroxyl groups is 1. The molecule has 1 atom stereocenters. The first kappa shape index (κ1) is 21.1. The van der Waals surface area contributed by atoms with Crippen LogP contribution in [0.4, 0.5) is 0 Å². The van der Waals surface area contributed by atoms with Crippen LogP contribution in [-0.4, -0.2) is 38.0 Å². The van der Waals surface area contributed by atoms with Crippen LogP contribution in [0.5, 0.6) is 11.5 Å². The van der Waals surface area contributed by atoms with E-state index in [1.807, 2.05) is 24.3 Å². The number of hydrogen-bond acceptors (Lipinski definition) is 7. The van der Waals surface area contributed by atoms with E-state index in [9.17, 15) is 14.7 Å². The molecule has 0 fully saturated rings. The van der Waals surface area contributed by atoms with E-state index < -0.39 is 17.7 Å². The Balaban J connectivity index is 1.84. The van der Waals surface area contributed by atoms with Gasteiger partial charge >= 0.3 is 0 Å². The lowest BCUT2D eigenvalue weighted by Crippen LogP contribution is -2.25. The first-order valence-electron chi connectivity index (χ1n) is 9.15. The van der Waals surface area contributed by atoms with E-state index in [-0.39, 0.29) is 23.7 Å². The standard InChI is InChI=1S/C23H22O7/c1-27-15-10-8-14(9-11-15)13-30-19-7-5-4-6-16(19)20(25)17-12-18(24)22(28-2)23(29-3)21(17)26/h4-12,20,25H,13H2,1-3H3. The maximum absolute atomic E-state index is 12.7. The fourth-order valence-electron chi connectivity index (χ4n) is 3.09. The lowest BCUT2D eigenvalue weighted by atomic mass is 9.91. The second-order valence-corrected chi connectivity index (χ2v) is 6.44. The molecular formula is C23H22O7. The summed E-state index contributed by atoms with van der Waals surface area (Å²) in [6, 6.07) is 14.2. The van der Waals surface area contributed by atoms with Crippen LogP contribution >= 0.6 is 0 Å². The smallest absolute Gasteiger partial charge is 0.230 e. The van der Waals surface area contributed by atoms with Gasteiger partial charge in [-0.2, -0.15) is 0 Å². The van der Waals surface area contributed by atoms with E-state index in [0.717, 1.165) is 17.4 Å². The number of ketones is 2. The average Bonchev–Trinajstić information content (AvgIpc) is 2.78. The lowest BCUT2D eigenvalue weighted by Gasteiger charge is -2.22. The second-order valence-electron chi connectivity index (χ2n) is 6.44. The predicted octanol–water partition coefficient (Wildman–Crippen LogP) is 2.89. The third-order valence-electron chi connectivity index (χ3n) is 4.65. The molecule has 0 saturated carbocycles. The fraction of sp³-hybridized carbons (Fsp3) is 0.217. The van der Waals surface area contributed by atoms with E-state index in [2.05, 4.69) is 0 Å². The van der Waals surface area contributed by atoms with E-state index in [4.69, 9.17) is 18.9 Å². The zero-order valence-electron chi connectivity index (χ0n) is 16.9. The van der Waals surface area contributed by atoms with Crippen LogP contribution < -0.4 is 9.47 Å². The molecule has 1 aliphatic carbocycles. The maximum Gasteiger partial charge on any atom is 0.230 e. The van der Waals surface area contributed by atoms with Crippen LogP contribution in [0.1, 0.15) is 17.2 Å². The Kier molecular flexibility index (Phi) is 6.54. The average molecular weight is 410 g/mol. The van der Waals surface area contributed by atoms with E-state index in [1.54, 1.807) is 31.4 Å². The van der Waals surface area contributed by atoms with Gasteiger partial charge in [0.1, 0.15) is 24.2 Å². The van der Waals surface area contributed by atoms with E-state index in [1.165, 1.54) is 14.2 Å². The van der Waals surface area contributed by atoms with Gasteiger partial charge in [0.05, 0.1) is 21.3 Å². The highest BCUT2D eigenvalue weighted by Crippen LogP contribution is 2.34. The van der Waals surface area contributed by atoms with E-state index in [0.29, 0.717) is 11.3 Å². The molecule has 7 nitrogen and oxygen atoms in total. The number of allylic oxidation sites excluding steroid dienone is 2. The molecule has 0 amide bonds. The number of ether oxygens (including phenoxy) is 4. The summed E-state index contributed by atoms with van der Waals surface area (Å²) in [5.41, 5.74) is 1.14. The molecule has 0 heterocycles. The number of methoxy groups -OCH3 is 3. The van der Waals surface area contributed by atoms with Crippen LogP contribution in [0.3, 0.4) is 0 Å². The minimum atomic E-state index is -1.38. The summed E-state index contributed by atoms with van der Waals surface area (Å²) in [5.74, 6) is -0.480. The molecule has 7 heteroatoms. The Hall–Kier alpha value is -3.58. The van der Waals surface area contributed by atoms with Gasteiger partial charge in [-0.15, -0.1) is 0 Å². The number of para-hydroxylation sites is 1. The molecular weight excluding hydrogens is 388 g/mol. The number of aliphatic hydroxyl groups excluding tert-OH is 1. The van der Waals surface area contributed by atoms with Crippen molar-refractivity contribution in [3.63, 3.8) is 0 Å². The number of hydrogen-bond donors (Lipinski definition) is 1. The van der Waals surface area contributed by atoms with Crippen molar-refractivity contribution < 1.29 is 33.6 Å². The normalized spacial score (nSPS) is 14.9. The third kappa shape index (κ3) is 4.21. The van der Waals surface area contributed by atoms with Gasteiger partial charge in [-0.25, -0.2) is 0 Å². The maximum atomic E-state index is 12.7. The van der Waals surface area contributed by atoms with Gasteiger partial charge in [0, 0.05) is 11.1 Å². The lowest BCUT2D eigenvalue weighted by molar-refractivity contribution is -0.121. The zero-order chi connectivity index (χ0) is 21.7. The highest BCUT2D eigenvalue weighted by Gasteiger charge is 2.35. The van der Waals surface area contributed by atoms with Gasteiger partial charge in [-0.3, -0.25) is 9.59 Å². The highest BCUT2D eigenvalue weighted by atomic mass is 16.5. The SMILES string of the molecule is COC1=C(OC)C(=O)C(C(O)c2ccccc2OCc2ccc(OC)cc2)=CC1=O. The molecule has 0 spiro atoms. The first-order chi connectivity index (χ1) is 14.5.